The lowest BCUT2D eigenvalue weighted by molar-refractivity contribution is -0.254. The van der Waals surface area contributed by atoms with Gasteiger partial charge in [0, 0.05) is 5.41 Å². The second kappa shape index (κ2) is 18.2. The van der Waals surface area contributed by atoms with Crippen molar-refractivity contribution in [1.29, 1.82) is 0 Å². The highest BCUT2D eigenvalue weighted by molar-refractivity contribution is 5.81. The van der Waals surface area contributed by atoms with E-state index in [-0.39, 0.29) is 73.8 Å². The van der Waals surface area contributed by atoms with Crippen molar-refractivity contribution in [2.24, 2.45) is 119 Å². The summed E-state index contributed by atoms with van der Waals surface area (Å²) in [6.45, 7) is 36.7. The summed E-state index contributed by atoms with van der Waals surface area (Å²) in [4.78, 5) is 50.3. The van der Waals surface area contributed by atoms with Crippen molar-refractivity contribution in [3.8, 4) is 0 Å². The van der Waals surface area contributed by atoms with Crippen molar-refractivity contribution in [2.45, 2.75) is 245 Å². The quantitative estimate of drug-likeness (QED) is 0.150. The molecule has 0 saturated heterocycles. The van der Waals surface area contributed by atoms with E-state index in [9.17, 15) is 39.6 Å². The van der Waals surface area contributed by atoms with Gasteiger partial charge in [-0.3, -0.25) is 19.2 Å². The number of fused-ring (bicyclic) bond motifs is 14. The number of allylic oxidation sites excluding steroid dienone is 4. The van der Waals surface area contributed by atoms with E-state index in [0.29, 0.717) is 53.8 Å². The van der Waals surface area contributed by atoms with Crippen LogP contribution in [0.3, 0.4) is 0 Å². The highest BCUT2D eigenvalue weighted by atomic mass is 16.5. The van der Waals surface area contributed by atoms with Crippen LogP contribution in [0.5, 0.6) is 0 Å². The van der Waals surface area contributed by atoms with Gasteiger partial charge in [0.05, 0.1) is 28.8 Å². The van der Waals surface area contributed by atoms with E-state index in [1.165, 1.54) is 36.8 Å². The monoisotopic (exact) mass is 1040 g/mol. The lowest BCUT2D eigenvalue weighted by Gasteiger charge is -2.73. The molecule has 10 aliphatic carbocycles. The first-order valence-electron chi connectivity index (χ1n) is 30.4. The molecule has 0 heterocycles. The number of aliphatic carboxylic acids is 3. The molecule has 0 bridgehead atoms. The number of aliphatic hydroxyl groups excluding tert-OH is 1. The van der Waals surface area contributed by atoms with E-state index in [0.717, 1.165) is 83.5 Å². The van der Waals surface area contributed by atoms with Gasteiger partial charge < -0.3 is 25.2 Å². The average Bonchev–Trinajstić information content (AvgIpc) is 3.31. The molecule has 1 unspecified atom stereocenters. The number of hydrogen-bond acceptors (Lipinski definition) is 6. The number of ether oxygens (including phenoxy) is 1. The molecule has 422 valence electrons. The fourth-order valence-corrected chi connectivity index (χ4v) is 23.3. The highest BCUT2D eigenvalue weighted by Gasteiger charge is 2.73. The van der Waals surface area contributed by atoms with Crippen LogP contribution in [-0.4, -0.2) is 56.5 Å². The van der Waals surface area contributed by atoms with Crippen LogP contribution in [0, 0.1) is 119 Å². The van der Waals surface area contributed by atoms with E-state index in [1.807, 2.05) is 0 Å². The Bertz CT molecular complexity index is 2380. The fourth-order valence-electron chi connectivity index (χ4n) is 23.3. The Morgan fingerprint density at radius 3 is 1.36 bits per heavy atom. The van der Waals surface area contributed by atoms with E-state index in [2.05, 4.69) is 109 Å². The van der Waals surface area contributed by atoms with E-state index in [4.69, 9.17) is 4.74 Å². The van der Waals surface area contributed by atoms with Crippen LogP contribution >= 0.6 is 0 Å². The molecule has 0 aliphatic heterocycles. The largest absolute Gasteiger partial charge is 0.481 e. The summed E-state index contributed by atoms with van der Waals surface area (Å²) in [5.41, 5.74) is 1.26. The van der Waals surface area contributed by atoms with Crippen LogP contribution < -0.4 is 0 Å². The molecule has 0 aromatic heterocycles. The third-order valence-corrected chi connectivity index (χ3v) is 28.5. The van der Waals surface area contributed by atoms with Gasteiger partial charge in [0.25, 0.3) is 0 Å². The molecule has 8 fully saturated rings. The smallest absolute Gasteiger partial charge is 0.310 e. The average molecular weight is 1040 g/mol. The number of rotatable bonds is 6. The molecule has 10 rings (SSSR count). The lowest BCUT2D eigenvalue weighted by Crippen LogP contribution is -2.68. The summed E-state index contributed by atoms with van der Waals surface area (Å²) in [6, 6.07) is 0. The predicted octanol–water partition coefficient (Wildman–Crippen LogP) is 15.2. The normalized spacial score (nSPS) is 50.2. The number of carbonyl (C=O) groups is 4. The summed E-state index contributed by atoms with van der Waals surface area (Å²) < 4.78 is 6.10. The highest BCUT2D eigenvalue weighted by Crippen LogP contribution is 2.79. The number of carboxylic acid groups (broad SMARTS) is 3. The second-order valence-corrected chi connectivity index (χ2v) is 31.8. The number of esters is 1. The first-order chi connectivity index (χ1) is 34.5. The molecule has 75 heavy (non-hydrogen) atoms. The fraction of sp³-hybridized carbons (Fsp3) is 0.879. The standard InChI is InChI=1S/C36H56O6.C30H48O3/c1-21-12-17-36(30(40)41)19-18-34(8)23(28(36)22(21)2)10-11-25-33(7)15-14-26(42-27(37)20-31(3,4)29(38)39)32(5,6)24(33)13-16-35(25,34)9;1-18-10-15-30(25(32)33)17-16-28(6)20(24(30)19(18)2)8-9-22-27(5)13-12-23(31)26(3,4)21(27)11-14-29(22,28)7/h12,22-26,28H,10-11,13-20H2,1-9H3,(H,38,39)(H,40,41);10,19-24,31H,8-9,11-17H2,1-7H3,(H,32,33)/t22-,23-,24+,25-,26?,28-,33+,34-,35-,36+;19-,20-,21+,22-,23+,24-,27+,28-,29-,30+/m11/s1. The zero-order valence-electron chi connectivity index (χ0n) is 49.8. The minimum absolute atomic E-state index is 0.0170. The number of carbonyl (C=O) groups excluding carboxylic acids is 1. The van der Waals surface area contributed by atoms with Crippen LogP contribution in [0.25, 0.3) is 0 Å². The van der Waals surface area contributed by atoms with Gasteiger partial charge in [0.1, 0.15) is 6.10 Å². The number of aliphatic hydroxyl groups is 1. The van der Waals surface area contributed by atoms with E-state index in [1.54, 1.807) is 13.8 Å². The second-order valence-electron chi connectivity index (χ2n) is 31.8. The minimum Gasteiger partial charge on any atom is -0.481 e. The number of hydrogen-bond donors (Lipinski definition) is 4. The van der Waals surface area contributed by atoms with Crippen LogP contribution in [0.15, 0.2) is 23.3 Å². The Morgan fingerprint density at radius 1 is 0.533 bits per heavy atom. The summed E-state index contributed by atoms with van der Waals surface area (Å²) in [5, 5.41) is 41.6. The summed E-state index contributed by atoms with van der Waals surface area (Å²) in [5.74, 6) is 1.66. The molecule has 0 radical (unpaired) electrons. The maximum atomic E-state index is 12.9. The van der Waals surface area contributed by atoms with E-state index >= 15 is 0 Å². The zero-order valence-corrected chi connectivity index (χ0v) is 49.8. The first-order valence-corrected chi connectivity index (χ1v) is 30.4. The molecule has 8 saturated carbocycles. The molecule has 20 atom stereocenters. The molecule has 9 heteroatoms. The molecular weight excluding hydrogens is 937 g/mol. The molecule has 0 spiro atoms. The Balaban J connectivity index is 0.000000189. The van der Waals surface area contributed by atoms with Crippen LogP contribution in [0.4, 0.5) is 0 Å². The van der Waals surface area contributed by atoms with Crippen LogP contribution in [0.2, 0.25) is 0 Å². The van der Waals surface area contributed by atoms with Crippen LogP contribution in [-0.2, 0) is 23.9 Å². The molecule has 9 nitrogen and oxygen atoms in total. The molecule has 10 aliphatic rings. The Morgan fingerprint density at radius 2 is 0.947 bits per heavy atom. The zero-order chi connectivity index (χ0) is 55.4. The third kappa shape index (κ3) is 7.75. The molecule has 0 aromatic carbocycles. The maximum Gasteiger partial charge on any atom is 0.310 e. The molecular formula is C66H104O9. The third-order valence-electron chi connectivity index (χ3n) is 28.5. The Hall–Kier alpha value is -2.68. The SMILES string of the molecule is CC1=CC[C@]2(C(=O)O)CC[C@]3(C)[C@H](CC[C@@H]4[C@@]5(C)CCC(OC(=O)CC(C)(C)C(=O)O)C(C)(C)[C@@H]5CC[C@]43C)[C@H]2[C@@H]1C.CC1=CC[C@]2(C(=O)O)CC[C@]3(C)[C@H](CC[C@@H]4[C@@]5(C)CC[C@H](O)C(C)(C)[C@@H]5CC[C@]43C)[C@H]2[C@@H]1C. The maximum absolute atomic E-state index is 12.9. The summed E-state index contributed by atoms with van der Waals surface area (Å²) in [7, 11) is 0. The lowest BCUT2D eigenvalue weighted by atomic mass is 9.31. The summed E-state index contributed by atoms with van der Waals surface area (Å²) in [6.07, 6.45) is 22.1. The first kappa shape index (κ1) is 57.0. The molecule has 0 amide bonds. The Labute approximate surface area is 453 Å². The van der Waals surface area contributed by atoms with Crippen molar-refractivity contribution in [3.63, 3.8) is 0 Å². The van der Waals surface area contributed by atoms with Gasteiger partial charge in [-0.15, -0.1) is 0 Å². The molecule has 0 aromatic rings. The Kier molecular flexibility index (Phi) is 13.8. The topological polar surface area (TPSA) is 158 Å². The number of carboxylic acids is 3. The van der Waals surface area contributed by atoms with Gasteiger partial charge in [0.2, 0.25) is 0 Å². The van der Waals surface area contributed by atoms with Crippen molar-refractivity contribution in [3.05, 3.63) is 23.3 Å². The van der Waals surface area contributed by atoms with Crippen LogP contribution in [0.1, 0.15) is 233 Å². The van der Waals surface area contributed by atoms with Crippen molar-refractivity contribution in [2.75, 3.05) is 0 Å². The minimum atomic E-state index is -1.15. The van der Waals surface area contributed by atoms with E-state index < -0.39 is 40.1 Å². The van der Waals surface area contributed by atoms with Gasteiger partial charge >= 0.3 is 23.9 Å². The summed E-state index contributed by atoms with van der Waals surface area (Å²) >= 11 is 0. The van der Waals surface area contributed by atoms with Crippen molar-refractivity contribution < 1.29 is 44.3 Å². The molecule has 4 N–H and O–H groups in total. The van der Waals surface area contributed by atoms with Crippen molar-refractivity contribution in [1.82, 2.24) is 0 Å². The van der Waals surface area contributed by atoms with Gasteiger partial charge in [-0.05, 0) is 240 Å². The predicted molar refractivity (Wildman–Crippen MR) is 295 cm³/mol. The van der Waals surface area contributed by atoms with Gasteiger partial charge in [-0.2, -0.15) is 0 Å². The van der Waals surface area contributed by atoms with Gasteiger partial charge in [-0.25, -0.2) is 0 Å². The van der Waals surface area contributed by atoms with Crippen molar-refractivity contribution >= 4 is 23.9 Å². The van der Waals surface area contributed by atoms with Gasteiger partial charge in [-0.1, -0.05) is 106 Å². The van der Waals surface area contributed by atoms with Gasteiger partial charge in [0.15, 0.2) is 0 Å².